The predicted molar refractivity (Wildman–Crippen MR) is 98.3 cm³/mol. The third-order valence-corrected chi connectivity index (χ3v) is 4.43. The number of fused-ring (bicyclic) bond motifs is 1. The zero-order valence-electron chi connectivity index (χ0n) is 14.6. The van der Waals surface area contributed by atoms with Gasteiger partial charge >= 0.3 is 0 Å². The number of carbonyl (C=O) groups excluding carboxylic acids is 1. The average molecular weight is 335 g/mol. The van der Waals surface area contributed by atoms with Gasteiger partial charge in [0.05, 0.1) is 22.9 Å². The van der Waals surface area contributed by atoms with Gasteiger partial charge in [-0.3, -0.25) is 9.59 Å². The van der Waals surface area contributed by atoms with Crippen molar-refractivity contribution in [2.24, 2.45) is 0 Å². The molecule has 3 aromatic rings. The van der Waals surface area contributed by atoms with E-state index in [0.29, 0.717) is 16.7 Å². The van der Waals surface area contributed by atoms with Crippen molar-refractivity contribution < 1.29 is 4.79 Å². The van der Waals surface area contributed by atoms with Gasteiger partial charge in [0.1, 0.15) is 5.82 Å². The van der Waals surface area contributed by atoms with Crippen molar-refractivity contribution in [1.82, 2.24) is 14.9 Å². The molecule has 0 aliphatic heterocycles. The zero-order valence-corrected chi connectivity index (χ0v) is 14.6. The molecule has 0 saturated heterocycles. The standard InChI is InChI=1S/C20H21N3O2/c1-20(2,14-9-5-4-6-10-14)19(25)23(3)13-17-21-16-12-8-7-11-15(16)18(24)22-17/h4-12H,13H2,1-3H3,(H,21,22,24). The van der Waals surface area contributed by atoms with E-state index < -0.39 is 5.41 Å². The molecule has 0 aliphatic carbocycles. The van der Waals surface area contributed by atoms with E-state index in [9.17, 15) is 9.59 Å². The van der Waals surface area contributed by atoms with E-state index >= 15 is 0 Å². The van der Waals surface area contributed by atoms with Crippen molar-refractivity contribution in [2.75, 3.05) is 7.05 Å². The molecule has 0 bridgehead atoms. The highest BCUT2D eigenvalue weighted by Gasteiger charge is 2.32. The van der Waals surface area contributed by atoms with Crippen molar-refractivity contribution in [3.8, 4) is 0 Å². The van der Waals surface area contributed by atoms with E-state index in [-0.39, 0.29) is 18.0 Å². The lowest BCUT2D eigenvalue weighted by Crippen LogP contribution is -2.41. The van der Waals surface area contributed by atoms with E-state index in [1.54, 1.807) is 30.1 Å². The van der Waals surface area contributed by atoms with Gasteiger partial charge in [-0.25, -0.2) is 4.98 Å². The Morgan fingerprint density at radius 2 is 1.72 bits per heavy atom. The van der Waals surface area contributed by atoms with Gasteiger partial charge in [0.2, 0.25) is 5.91 Å². The topological polar surface area (TPSA) is 66.1 Å². The van der Waals surface area contributed by atoms with Crippen LogP contribution in [0, 0.1) is 0 Å². The molecule has 0 saturated carbocycles. The summed E-state index contributed by atoms with van der Waals surface area (Å²) in [5.41, 5.74) is 0.729. The van der Waals surface area contributed by atoms with Crippen LogP contribution in [0.4, 0.5) is 0 Å². The maximum atomic E-state index is 12.9. The first-order chi connectivity index (χ1) is 11.9. The summed E-state index contributed by atoms with van der Waals surface area (Å²) in [4.78, 5) is 33.9. The predicted octanol–water partition coefficient (Wildman–Crippen LogP) is 2.86. The third-order valence-electron chi connectivity index (χ3n) is 4.43. The van der Waals surface area contributed by atoms with Crippen molar-refractivity contribution in [3.63, 3.8) is 0 Å². The summed E-state index contributed by atoms with van der Waals surface area (Å²) in [7, 11) is 1.72. The molecule has 5 nitrogen and oxygen atoms in total. The quantitative estimate of drug-likeness (QED) is 0.797. The first-order valence-corrected chi connectivity index (χ1v) is 8.18. The molecule has 0 fully saturated rings. The number of hydrogen-bond donors (Lipinski definition) is 1. The molecule has 5 heteroatoms. The minimum absolute atomic E-state index is 0.0329. The number of para-hydroxylation sites is 1. The van der Waals surface area contributed by atoms with Gasteiger partial charge in [-0.1, -0.05) is 42.5 Å². The highest BCUT2D eigenvalue weighted by molar-refractivity contribution is 5.87. The number of likely N-dealkylation sites (N-methyl/N-ethyl adjacent to an activating group) is 1. The van der Waals surface area contributed by atoms with Crippen molar-refractivity contribution in [3.05, 3.63) is 76.3 Å². The zero-order chi connectivity index (χ0) is 18.0. The van der Waals surface area contributed by atoms with Crippen LogP contribution in [0.15, 0.2) is 59.4 Å². The second-order valence-corrected chi connectivity index (χ2v) is 6.68. The lowest BCUT2D eigenvalue weighted by Gasteiger charge is -2.29. The van der Waals surface area contributed by atoms with E-state index in [0.717, 1.165) is 5.56 Å². The molecule has 3 rings (SSSR count). The average Bonchev–Trinajstić information content (AvgIpc) is 2.61. The fraction of sp³-hybridized carbons (Fsp3) is 0.250. The van der Waals surface area contributed by atoms with Crippen LogP contribution in [0.5, 0.6) is 0 Å². The Labute approximate surface area is 146 Å². The lowest BCUT2D eigenvalue weighted by atomic mass is 9.83. The molecule has 25 heavy (non-hydrogen) atoms. The van der Waals surface area contributed by atoms with Crippen LogP contribution in [0.2, 0.25) is 0 Å². The van der Waals surface area contributed by atoms with Crippen molar-refractivity contribution in [1.29, 1.82) is 0 Å². The SMILES string of the molecule is CN(Cc1nc2ccccc2c(=O)[nH]1)C(=O)C(C)(C)c1ccccc1. The van der Waals surface area contributed by atoms with Gasteiger partial charge in [-0.05, 0) is 31.5 Å². The molecule has 1 amide bonds. The summed E-state index contributed by atoms with van der Waals surface area (Å²) in [6.07, 6.45) is 0. The van der Waals surface area contributed by atoms with Gasteiger partial charge < -0.3 is 9.88 Å². The Bertz CT molecular complexity index is 961. The number of nitrogens with zero attached hydrogens (tertiary/aromatic N) is 2. The molecule has 0 aliphatic rings. The number of carbonyl (C=O) groups is 1. The molecular formula is C20H21N3O2. The summed E-state index contributed by atoms with van der Waals surface area (Å²) in [5.74, 6) is 0.443. The number of rotatable bonds is 4. The van der Waals surface area contributed by atoms with E-state index in [2.05, 4.69) is 9.97 Å². The second kappa shape index (κ2) is 6.51. The Kier molecular flexibility index (Phi) is 4.40. The van der Waals surface area contributed by atoms with Crippen LogP contribution in [0.25, 0.3) is 10.9 Å². The van der Waals surface area contributed by atoms with Crippen LogP contribution in [0.3, 0.4) is 0 Å². The smallest absolute Gasteiger partial charge is 0.258 e. The van der Waals surface area contributed by atoms with Gasteiger partial charge in [-0.2, -0.15) is 0 Å². The maximum absolute atomic E-state index is 12.9. The Morgan fingerprint density at radius 1 is 1.08 bits per heavy atom. The maximum Gasteiger partial charge on any atom is 0.258 e. The molecule has 0 spiro atoms. The Balaban J connectivity index is 1.86. The van der Waals surface area contributed by atoms with Crippen LogP contribution in [-0.4, -0.2) is 27.8 Å². The van der Waals surface area contributed by atoms with Gasteiger partial charge in [0.15, 0.2) is 0 Å². The van der Waals surface area contributed by atoms with Crippen LogP contribution in [0.1, 0.15) is 25.2 Å². The molecule has 0 atom stereocenters. The Hall–Kier alpha value is -2.95. The lowest BCUT2D eigenvalue weighted by molar-refractivity contribution is -0.135. The number of benzene rings is 2. The Morgan fingerprint density at radius 3 is 2.44 bits per heavy atom. The largest absolute Gasteiger partial charge is 0.338 e. The highest BCUT2D eigenvalue weighted by atomic mass is 16.2. The van der Waals surface area contributed by atoms with Crippen molar-refractivity contribution >= 4 is 16.8 Å². The highest BCUT2D eigenvalue weighted by Crippen LogP contribution is 2.25. The second-order valence-electron chi connectivity index (χ2n) is 6.68. The van der Waals surface area contributed by atoms with E-state index in [1.165, 1.54) is 0 Å². The number of aromatic nitrogens is 2. The first kappa shape index (κ1) is 16.9. The summed E-state index contributed by atoms with van der Waals surface area (Å²) in [6.45, 7) is 4.05. The monoisotopic (exact) mass is 335 g/mol. The van der Waals surface area contributed by atoms with Gasteiger partial charge in [-0.15, -0.1) is 0 Å². The van der Waals surface area contributed by atoms with Gasteiger partial charge in [0.25, 0.3) is 5.56 Å². The van der Waals surface area contributed by atoms with E-state index in [1.807, 2.05) is 50.2 Å². The van der Waals surface area contributed by atoms with Crippen LogP contribution >= 0.6 is 0 Å². The molecule has 128 valence electrons. The summed E-state index contributed by atoms with van der Waals surface area (Å²) >= 11 is 0. The summed E-state index contributed by atoms with van der Waals surface area (Å²) < 4.78 is 0. The fourth-order valence-electron chi connectivity index (χ4n) is 2.96. The number of H-pyrrole nitrogens is 1. The summed E-state index contributed by atoms with van der Waals surface area (Å²) in [6, 6.07) is 16.8. The normalized spacial score (nSPS) is 11.5. The molecule has 1 heterocycles. The number of aromatic amines is 1. The fourth-order valence-corrected chi connectivity index (χ4v) is 2.96. The molecular weight excluding hydrogens is 314 g/mol. The molecule has 2 aromatic carbocycles. The number of amides is 1. The first-order valence-electron chi connectivity index (χ1n) is 8.18. The minimum Gasteiger partial charge on any atom is -0.338 e. The van der Waals surface area contributed by atoms with Gasteiger partial charge in [0, 0.05) is 7.05 Å². The summed E-state index contributed by atoms with van der Waals surface area (Å²) in [5, 5.41) is 0.546. The van der Waals surface area contributed by atoms with Crippen LogP contribution < -0.4 is 5.56 Å². The molecule has 1 N–H and O–H groups in total. The van der Waals surface area contributed by atoms with Crippen LogP contribution in [-0.2, 0) is 16.8 Å². The number of nitrogens with one attached hydrogen (secondary N) is 1. The molecule has 0 unspecified atom stereocenters. The minimum atomic E-state index is -0.660. The molecule has 0 radical (unpaired) electrons. The third kappa shape index (κ3) is 3.31. The van der Waals surface area contributed by atoms with Crippen molar-refractivity contribution in [2.45, 2.75) is 25.8 Å². The van der Waals surface area contributed by atoms with E-state index in [4.69, 9.17) is 0 Å². The number of hydrogen-bond acceptors (Lipinski definition) is 3. The molecule has 1 aromatic heterocycles.